The molecule has 0 aliphatic rings. The first-order valence-electron chi connectivity index (χ1n) is 8.77. The van der Waals surface area contributed by atoms with Crippen molar-refractivity contribution in [1.82, 2.24) is 25.3 Å². The van der Waals surface area contributed by atoms with E-state index in [4.69, 9.17) is 23.2 Å². The highest BCUT2D eigenvalue weighted by atomic mass is 35.5. The predicted molar refractivity (Wildman–Crippen MR) is 112 cm³/mol. The van der Waals surface area contributed by atoms with Gasteiger partial charge in [0.25, 0.3) is 5.91 Å². The Kier molecular flexibility index (Phi) is 5.55. The van der Waals surface area contributed by atoms with Crippen LogP contribution in [0.2, 0.25) is 10.0 Å². The van der Waals surface area contributed by atoms with Crippen molar-refractivity contribution in [2.45, 2.75) is 6.54 Å². The third-order valence-corrected chi connectivity index (χ3v) is 4.91. The summed E-state index contributed by atoms with van der Waals surface area (Å²) in [6.45, 7) is 0.277. The van der Waals surface area contributed by atoms with Crippen LogP contribution in [0.25, 0.3) is 16.9 Å². The van der Waals surface area contributed by atoms with Crippen LogP contribution in [0, 0.1) is 0 Å². The van der Waals surface area contributed by atoms with Gasteiger partial charge in [0.1, 0.15) is 5.69 Å². The number of amides is 1. The highest BCUT2D eigenvalue weighted by Crippen LogP contribution is 2.25. The lowest BCUT2D eigenvalue weighted by atomic mass is 10.1. The van der Waals surface area contributed by atoms with Gasteiger partial charge in [0, 0.05) is 34.5 Å². The minimum Gasteiger partial charge on any atom is -0.346 e. The molecule has 0 unspecified atom stereocenters. The lowest BCUT2D eigenvalue weighted by Gasteiger charge is -2.09. The molecular weight excluding hydrogens is 409 g/mol. The van der Waals surface area contributed by atoms with Gasteiger partial charge in [-0.25, -0.2) is 4.68 Å². The normalized spacial score (nSPS) is 10.7. The molecule has 29 heavy (non-hydrogen) atoms. The summed E-state index contributed by atoms with van der Waals surface area (Å²) in [6, 6.07) is 18.1. The molecule has 2 aromatic heterocycles. The Morgan fingerprint density at radius 2 is 1.79 bits per heavy atom. The van der Waals surface area contributed by atoms with E-state index < -0.39 is 0 Å². The molecule has 1 amide bonds. The summed E-state index contributed by atoms with van der Waals surface area (Å²) in [5.41, 5.74) is 2.99. The zero-order chi connectivity index (χ0) is 20.2. The minimum atomic E-state index is -0.357. The monoisotopic (exact) mass is 423 g/mol. The standard InChI is InChI=1S/C21H15Cl2N5O/c22-16-7-9-17(10-8-16)28-20(15-5-3-11-24-12-15)19(26-27-28)21(29)25-13-14-4-1-2-6-18(14)23/h1-12H,13H2,(H,25,29). The van der Waals surface area contributed by atoms with Crippen molar-refractivity contribution in [2.24, 2.45) is 0 Å². The smallest absolute Gasteiger partial charge is 0.274 e. The van der Waals surface area contributed by atoms with Crippen LogP contribution in [0.3, 0.4) is 0 Å². The molecule has 1 N–H and O–H groups in total. The number of rotatable bonds is 5. The Balaban J connectivity index is 1.70. The van der Waals surface area contributed by atoms with E-state index in [1.54, 1.807) is 41.3 Å². The molecule has 0 radical (unpaired) electrons. The van der Waals surface area contributed by atoms with E-state index in [1.807, 2.05) is 36.4 Å². The zero-order valence-electron chi connectivity index (χ0n) is 15.1. The molecule has 8 heteroatoms. The first-order chi connectivity index (χ1) is 14.1. The second-order valence-corrected chi connectivity index (χ2v) is 7.03. The summed E-state index contributed by atoms with van der Waals surface area (Å²) < 4.78 is 1.59. The van der Waals surface area contributed by atoms with E-state index in [-0.39, 0.29) is 18.1 Å². The van der Waals surface area contributed by atoms with E-state index in [1.165, 1.54) is 0 Å². The van der Waals surface area contributed by atoms with Crippen molar-refractivity contribution < 1.29 is 4.79 Å². The fourth-order valence-electron chi connectivity index (χ4n) is 2.86. The molecule has 0 saturated carbocycles. The molecule has 6 nitrogen and oxygen atoms in total. The molecule has 0 spiro atoms. The number of halogens is 2. The molecule has 0 bridgehead atoms. The van der Waals surface area contributed by atoms with Gasteiger partial charge < -0.3 is 5.32 Å². The molecule has 2 aromatic carbocycles. The molecule has 4 aromatic rings. The highest BCUT2D eigenvalue weighted by molar-refractivity contribution is 6.31. The third-order valence-electron chi connectivity index (χ3n) is 4.29. The Morgan fingerprint density at radius 1 is 1.00 bits per heavy atom. The van der Waals surface area contributed by atoms with Crippen molar-refractivity contribution in [3.05, 3.63) is 94.4 Å². The van der Waals surface area contributed by atoms with E-state index in [2.05, 4.69) is 20.6 Å². The summed E-state index contributed by atoms with van der Waals surface area (Å²) in [5.74, 6) is -0.357. The lowest BCUT2D eigenvalue weighted by Crippen LogP contribution is -2.24. The zero-order valence-corrected chi connectivity index (χ0v) is 16.6. The summed E-state index contributed by atoms with van der Waals surface area (Å²) in [6.07, 6.45) is 3.33. The van der Waals surface area contributed by atoms with Crippen molar-refractivity contribution in [3.63, 3.8) is 0 Å². The van der Waals surface area contributed by atoms with Crippen LogP contribution >= 0.6 is 23.2 Å². The van der Waals surface area contributed by atoms with Crippen LogP contribution in [-0.2, 0) is 6.54 Å². The van der Waals surface area contributed by atoms with Crippen LogP contribution in [0.15, 0.2) is 73.1 Å². The van der Waals surface area contributed by atoms with E-state index in [9.17, 15) is 4.79 Å². The molecule has 0 saturated heterocycles. The molecule has 2 heterocycles. The lowest BCUT2D eigenvalue weighted by molar-refractivity contribution is 0.0946. The van der Waals surface area contributed by atoms with Gasteiger partial charge in [0.15, 0.2) is 5.69 Å². The van der Waals surface area contributed by atoms with Gasteiger partial charge in [0.2, 0.25) is 0 Å². The molecular formula is C21H15Cl2N5O. The quantitative estimate of drug-likeness (QED) is 0.510. The predicted octanol–water partition coefficient (Wildman–Crippen LogP) is 4.57. The fourth-order valence-corrected chi connectivity index (χ4v) is 3.19. The number of nitrogens with one attached hydrogen (secondary N) is 1. The minimum absolute atomic E-state index is 0.194. The van der Waals surface area contributed by atoms with Crippen molar-refractivity contribution >= 4 is 29.1 Å². The first-order valence-corrected chi connectivity index (χ1v) is 9.53. The van der Waals surface area contributed by atoms with Crippen molar-refractivity contribution in [3.8, 4) is 16.9 Å². The Labute approximate surface area is 177 Å². The van der Waals surface area contributed by atoms with E-state index in [0.29, 0.717) is 15.7 Å². The number of pyridine rings is 1. The number of aromatic nitrogens is 4. The van der Waals surface area contributed by atoms with Crippen LogP contribution in [0.5, 0.6) is 0 Å². The summed E-state index contributed by atoms with van der Waals surface area (Å²) in [4.78, 5) is 17.1. The maximum Gasteiger partial charge on any atom is 0.274 e. The van der Waals surface area contributed by atoms with Gasteiger partial charge in [-0.3, -0.25) is 9.78 Å². The number of benzene rings is 2. The maximum absolute atomic E-state index is 12.9. The average Bonchev–Trinajstić information content (AvgIpc) is 3.19. The Hall–Kier alpha value is -3.22. The van der Waals surface area contributed by atoms with Gasteiger partial charge in [-0.15, -0.1) is 5.10 Å². The van der Waals surface area contributed by atoms with Crippen LogP contribution in [0.4, 0.5) is 0 Å². The van der Waals surface area contributed by atoms with Crippen molar-refractivity contribution in [1.29, 1.82) is 0 Å². The van der Waals surface area contributed by atoms with Crippen LogP contribution in [0.1, 0.15) is 16.1 Å². The molecule has 0 atom stereocenters. The molecule has 144 valence electrons. The Morgan fingerprint density at radius 3 is 2.52 bits per heavy atom. The second kappa shape index (κ2) is 8.43. The number of carbonyl (C=O) groups is 1. The van der Waals surface area contributed by atoms with Gasteiger partial charge in [-0.05, 0) is 48.0 Å². The summed E-state index contributed by atoms with van der Waals surface area (Å²) in [7, 11) is 0. The van der Waals surface area contributed by atoms with E-state index >= 15 is 0 Å². The average molecular weight is 424 g/mol. The molecule has 0 aliphatic carbocycles. The van der Waals surface area contributed by atoms with Crippen molar-refractivity contribution in [2.75, 3.05) is 0 Å². The highest BCUT2D eigenvalue weighted by Gasteiger charge is 2.22. The van der Waals surface area contributed by atoms with E-state index in [0.717, 1.165) is 16.8 Å². The second-order valence-electron chi connectivity index (χ2n) is 6.19. The van der Waals surface area contributed by atoms with Crippen LogP contribution in [-0.4, -0.2) is 25.9 Å². The molecule has 0 aliphatic heterocycles. The number of hydrogen-bond donors (Lipinski definition) is 1. The summed E-state index contributed by atoms with van der Waals surface area (Å²) in [5, 5.41) is 12.4. The van der Waals surface area contributed by atoms with Gasteiger partial charge in [-0.2, -0.15) is 0 Å². The molecule has 0 fully saturated rings. The third kappa shape index (κ3) is 4.13. The Bertz CT molecular complexity index is 1140. The topological polar surface area (TPSA) is 72.7 Å². The number of hydrogen-bond acceptors (Lipinski definition) is 4. The molecule has 4 rings (SSSR count). The first kappa shape index (κ1) is 19.1. The number of carbonyl (C=O) groups excluding carboxylic acids is 1. The largest absolute Gasteiger partial charge is 0.346 e. The van der Waals surface area contributed by atoms with Crippen LogP contribution < -0.4 is 5.32 Å². The van der Waals surface area contributed by atoms with Gasteiger partial charge >= 0.3 is 0 Å². The summed E-state index contributed by atoms with van der Waals surface area (Å²) >= 11 is 12.2. The van der Waals surface area contributed by atoms with Gasteiger partial charge in [0.05, 0.1) is 5.69 Å². The fraction of sp³-hybridized carbons (Fsp3) is 0.0476. The maximum atomic E-state index is 12.9. The SMILES string of the molecule is O=C(NCc1ccccc1Cl)c1nnn(-c2ccc(Cl)cc2)c1-c1cccnc1. The number of nitrogens with zero attached hydrogens (tertiary/aromatic N) is 4. The van der Waals surface area contributed by atoms with Gasteiger partial charge in [-0.1, -0.05) is 46.6 Å².